The molecular weight excluding hydrogens is 345 g/mol. The summed E-state index contributed by atoms with van der Waals surface area (Å²) in [4.78, 5) is 0. The molecule has 2 aromatic carbocycles. The molecule has 0 atom stereocenters. The van der Waals surface area contributed by atoms with E-state index in [1.807, 2.05) is 25.1 Å². The van der Waals surface area contributed by atoms with Gasteiger partial charge in [-0.2, -0.15) is 0 Å². The first-order valence-electron chi connectivity index (χ1n) is 5.40. The Balaban J connectivity index is 2.07. The Morgan fingerprint density at radius 1 is 1.12 bits per heavy atom. The molecule has 1 N–H and O–H groups in total. The fourth-order valence-electron chi connectivity index (χ4n) is 1.60. The SMILES string of the molecule is Cc1c(Cl)cccc1NCc1ccc(I)cc1. The van der Waals surface area contributed by atoms with Crippen LogP contribution >= 0.6 is 34.2 Å². The molecule has 3 heteroatoms. The zero-order valence-electron chi connectivity index (χ0n) is 9.50. The summed E-state index contributed by atoms with van der Waals surface area (Å²) < 4.78 is 1.25. The lowest BCUT2D eigenvalue weighted by atomic mass is 10.2. The molecule has 0 spiro atoms. The molecule has 0 amide bonds. The van der Waals surface area contributed by atoms with Crippen molar-refractivity contribution in [2.24, 2.45) is 0 Å². The highest BCUT2D eigenvalue weighted by Crippen LogP contribution is 2.23. The lowest BCUT2D eigenvalue weighted by molar-refractivity contribution is 1.14. The van der Waals surface area contributed by atoms with Crippen LogP contribution in [0.15, 0.2) is 42.5 Å². The van der Waals surface area contributed by atoms with Gasteiger partial charge in [0.15, 0.2) is 0 Å². The summed E-state index contributed by atoms with van der Waals surface area (Å²) in [5, 5.41) is 4.21. The number of halogens is 2. The van der Waals surface area contributed by atoms with Gasteiger partial charge in [0, 0.05) is 20.8 Å². The van der Waals surface area contributed by atoms with Crippen molar-refractivity contribution in [2.75, 3.05) is 5.32 Å². The molecule has 0 aliphatic rings. The van der Waals surface area contributed by atoms with E-state index >= 15 is 0 Å². The number of anilines is 1. The summed E-state index contributed by atoms with van der Waals surface area (Å²) in [6.45, 7) is 2.84. The smallest absolute Gasteiger partial charge is 0.0455 e. The quantitative estimate of drug-likeness (QED) is 0.773. The van der Waals surface area contributed by atoms with Crippen molar-refractivity contribution < 1.29 is 0 Å². The molecule has 1 nitrogen and oxygen atoms in total. The Labute approximate surface area is 120 Å². The maximum atomic E-state index is 6.08. The van der Waals surface area contributed by atoms with Crippen molar-refractivity contribution in [3.8, 4) is 0 Å². The van der Waals surface area contributed by atoms with Gasteiger partial charge in [0.05, 0.1) is 0 Å². The van der Waals surface area contributed by atoms with Gasteiger partial charge in [0.1, 0.15) is 0 Å². The summed E-state index contributed by atoms with van der Waals surface area (Å²) in [6, 6.07) is 14.4. The van der Waals surface area contributed by atoms with Crippen LogP contribution in [0.3, 0.4) is 0 Å². The Kier molecular flexibility index (Phi) is 4.29. The molecule has 0 heterocycles. The van der Waals surface area contributed by atoms with E-state index in [-0.39, 0.29) is 0 Å². The zero-order valence-corrected chi connectivity index (χ0v) is 12.4. The van der Waals surface area contributed by atoms with Crippen LogP contribution < -0.4 is 5.32 Å². The van der Waals surface area contributed by atoms with E-state index < -0.39 is 0 Å². The first kappa shape index (κ1) is 12.7. The van der Waals surface area contributed by atoms with Crippen molar-refractivity contribution in [3.63, 3.8) is 0 Å². The second-order valence-electron chi connectivity index (χ2n) is 3.89. The van der Waals surface area contributed by atoms with Crippen LogP contribution in [0.5, 0.6) is 0 Å². The Morgan fingerprint density at radius 3 is 2.53 bits per heavy atom. The summed E-state index contributed by atoms with van der Waals surface area (Å²) in [5.41, 5.74) is 3.46. The molecule has 0 aliphatic heterocycles. The van der Waals surface area contributed by atoms with E-state index in [9.17, 15) is 0 Å². The van der Waals surface area contributed by atoms with E-state index in [0.29, 0.717) is 0 Å². The van der Waals surface area contributed by atoms with Crippen LogP contribution in [-0.4, -0.2) is 0 Å². The minimum Gasteiger partial charge on any atom is -0.381 e. The Bertz CT molecular complexity index is 508. The summed E-state index contributed by atoms with van der Waals surface area (Å²) in [5.74, 6) is 0. The van der Waals surface area contributed by atoms with Crippen LogP contribution in [0, 0.1) is 10.5 Å². The average molecular weight is 358 g/mol. The largest absolute Gasteiger partial charge is 0.381 e. The van der Waals surface area contributed by atoms with E-state index in [0.717, 1.165) is 22.8 Å². The highest BCUT2D eigenvalue weighted by molar-refractivity contribution is 14.1. The highest BCUT2D eigenvalue weighted by Gasteiger charge is 2.01. The lowest BCUT2D eigenvalue weighted by Gasteiger charge is -2.10. The maximum Gasteiger partial charge on any atom is 0.0455 e. The fourth-order valence-corrected chi connectivity index (χ4v) is 2.13. The van der Waals surface area contributed by atoms with Crippen molar-refractivity contribution in [1.82, 2.24) is 0 Å². The van der Waals surface area contributed by atoms with Crippen LogP contribution in [0.1, 0.15) is 11.1 Å². The molecule has 0 aromatic heterocycles. The molecule has 2 aromatic rings. The fraction of sp³-hybridized carbons (Fsp3) is 0.143. The van der Waals surface area contributed by atoms with E-state index in [4.69, 9.17) is 11.6 Å². The molecule has 0 bridgehead atoms. The third-order valence-electron chi connectivity index (χ3n) is 2.66. The van der Waals surface area contributed by atoms with E-state index in [1.54, 1.807) is 0 Å². The first-order valence-corrected chi connectivity index (χ1v) is 6.86. The second kappa shape index (κ2) is 5.74. The van der Waals surface area contributed by atoms with Crippen LogP contribution in [0.2, 0.25) is 5.02 Å². The standard InChI is InChI=1S/C14H13ClIN/c1-10-13(15)3-2-4-14(10)17-9-11-5-7-12(16)8-6-11/h2-8,17H,9H2,1H3. The molecule has 17 heavy (non-hydrogen) atoms. The highest BCUT2D eigenvalue weighted by atomic mass is 127. The first-order chi connectivity index (χ1) is 8.16. The maximum absolute atomic E-state index is 6.08. The molecule has 2 rings (SSSR count). The molecule has 0 aliphatic carbocycles. The zero-order chi connectivity index (χ0) is 12.3. The van der Waals surface area contributed by atoms with Gasteiger partial charge in [-0.25, -0.2) is 0 Å². The van der Waals surface area contributed by atoms with Gasteiger partial charge >= 0.3 is 0 Å². The van der Waals surface area contributed by atoms with Crippen molar-refractivity contribution >= 4 is 39.9 Å². The van der Waals surface area contributed by atoms with E-state index in [1.165, 1.54) is 9.13 Å². The van der Waals surface area contributed by atoms with Crippen molar-refractivity contribution in [1.29, 1.82) is 0 Å². The minimum atomic E-state index is 0.803. The Hall–Kier alpha value is -0.740. The topological polar surface area (TPSA) is 12.0 Å². The monoisotopic (exact) mass is 357 g/mol. The molecule has 88 valence electrons. The van der Waals surface area contributed by atoms with Gasteiger partial charge in [-0.3, -0.25) is 0 Å². The van der Waals surface area contributed by atoms with Crippen LogP contribution in [0.4, 0.5) is 5.69 Å². The second-order valence-corrected chi connectivity index (χ2v) is 5.55. The van der Waals surface area contributed by atoms with Crippen LogP contribution in [0.25, 0.3) is 0 Å². The van der Waals surface area contributed by atoms with Crippen molar-refractivity contribution in [3.05, 3.63) is 62.2 Å². The average Bonchev–Trinajstić information content (AvgIpc) is 2.33. The third kappa shape index (κ3) is 3.36. The summed E-state index contributed by atoms with van der Waals surface area (Å²) in [6.07, 6.45) is 0. The minimum absolute atomic E-state index is 0.803. The number of hydrogen-bond acceptors (Lipinski definition) is 1. The number of benzene rings is 2. The summed E-state index contributed by atoms with van der Waals surface area (Å²) >= 11 is 8.38. The van der Waals surface area contributed by atoms with Gasteiger partial charge in [0.2, 0.25) is 0 Å². The number of hydrogen-bond donors (Lipinski definition) is 1. The lowest BCUT2D eigenvalue weighted by Crippen LogP contribution is -2.01. The normalized spacial score (nSPS) is 10.3. The Morgan fingerprint density at radius 2 is 1.82 bits per heavy atom. The predicted molar refractivity (Wildman–Crippen MR) is 82.7 cm³/mol. The number of rotatable bonds is 3. The molecule has 0 saturated heterocycles. The molecule has 0 radical (unpaired) electrons. The van der Waals surface area contributed by atoms with Crippen molar-refractivity contribution in [2.45, 2.75) is 13.5 Å². The van der Waals surface area contributed by atoms with Gasteiger partial charge in [-0.05, 0) is 64.9 Å². The predicted octanol–water partition coefficient (Wildman–Crippen LogP) is 4.87. The van der Waals surface area contributed by atoms with Gasteiger partial charge < -0.3 is 5.32 Å². The van der Waals surface area contributed by atoms with Gasteiger partial charge in [-0.15, -0.1) is 0 Å². The molecule has 0 saturated carbocycles. The molecule has 0 unspecified atom stereocenters. The van der Waals surface area contributed by atoms with Gasteiger partial charge in [0.25, 0.3) is 0 Å². The van der Waals surface area contributed by atoms with Gasteiger partial charge in [-0.1, -0.05) is 29.8 Å². The third-order valence-corrected chi connectivity index (χ3v) is 3.79. The van der Waals surface area contributed by atoms with Crippen LogP contribution in [-0.2, 0) is 6.54 Å². The number of nitrogens with one attached hydrogen (secondary N) is 1. The molecular formula is C14H13ClIN. The van der Waals surface area contributed by atoms with E-state index in [2.05, 4.69) is 52.2 Å². The summed E-state index contributed by atoms with van der Waals surface area (Å²) in [7, 11) is 0. The molecule has 0 fully saturated rings.